The molecule has 0 fully saturated rings. The molecule has 5 heteroatoms. The van der Waals surface area contributed by atoms with Gasteiger partial charge in [0.05, 0.1) is 17.6 Å². The molecule has 0 spiro atoms. The Hall–Kier alpha value is -2.63. The first-order chi connectivity index (χ1) is 11.3. The molecule has 0 aliphatic heterocycles. The molecule has 114 valence electrons. The third-order valence-corrected chi connectivity index (χ3v) is 4.71. The Morgan fingerprint density at radius 3 is 2.83 bits per heavy atom. The molecule has 0 aliphatic carbocycles. The highest BCUT2D eigenvalue weighted by atomic mass is 32.1. The Kier molecular flexibility index (Phi) is 3.37. The van der Waals surface area contributed by atoms with Crippen molar-refractivity contribution in [1.82, 2.24) is 9.55 Å². The van der Waals surface area contributed by atoms with Crippen molar-refractivity contribution in [3.05, 3.63) is 64.9 Å². The molecule has 4 rings (SSSR count). The van der Waals surface area contributed by atoms with E-state index in [0.29, 0.717) is 5.95 Å². The monoisotopic (exact) mass is 321 g/mol. The quantitative estimate of drug-likeness (QED) is 0.603. The number of fused-ring (bicyclic) bond motifs is 1. The lowest BCUT2D eigenvalue weighted by atomic mass is 10.0. The van der Waals surface area contributed by atoms with Crippen LogP contribution in [0.5, 0.6) is 0 Å². The molecule has 0 amide bonds. The van der Waals surface area contributed by atoms with Crippen LogP contribution < -0.4 is 5.73 Å². The number of aromatic nitrogens is 2. The summed E-state index contributed by atoms with van der Waals surface area (Å²) in [6.07, 6.45) is 0. The number of nitrogen functional groups attached to an aromatic ring is 1. The van der Waals surface area contributed by atoms with E-state index in [-0.39, 0.29) is 6.61 Å². The molecule has 2 heterocycles. The fourth-order valence-corrected chi connectivity index (χ4v) is 3.69. The molecule has 0 saturated heterocycles. The van der Waals surface area contributed by atoms with Crippen LogP contribution in [0.4, 0.5) is 5.95 Å². The van der Waals surface area contributed by atoms with E-state index in [9.17, 15) is 5.11 Å². The molecule has 0 bridgehead atoms. The molecule has 0 unspecified atom stereocenters. The van der Waals surface area contributed by atoms with E-state index in [1.165, 1.54) is 0 Å². The summed E-state index contributed by atoms with van der Waals surface area (Å²) in [5, 5.41) is 13.5. The maximum atomic E-state index is 9.48. The molecule has 0 saturated carbocycles. The van der Waals surface area contributed by atoms with Crippen LogP contribution in [0, 0.1) is 0 Å². The fraction of sp³-hybridized carbons (Fsp3) is 0.0556. The summed E-state index contributed by atoms with van der Waals surface area (Å²) < 4.78 is 1.95. The highest BCUT2D eigenvalue weighted by molar-refractivity contribution is 7.08. The topological polar surface area (TPSA) is 64.1 Å². The van der Waals surface area contributed by atoms with Crippen molar-refractivity contribution in [1.29, 1.82) is 0 Å². The van der Waals surface area contributed by atoms with Crippen molar-refractivity contribution < 1.29 is 5.11 Å². The van der Waals surface area contributed by atoms with Crippen molar-refractivity contribution in [2.45, 2.75) is 6.61 Å². The predicted octanol–water partition coefficient (Wildman–Crippen LogP) is 3.83. The van der Waals surface area contributed by atoms with Gasteiger partial charge in [-0.25, -0.2) is 4.98 Å². The number of imidazole rings is 1. The summed E-state index contributed by atoms with van der Waals surface area (Å²) in [5.74, 6) is 0.469. The number of hydrogen-bond acceptors (Lipinski definition) is 4. The average Bonchev–Trinajstić information content (AvgIpc) is 3.18. The second kappa shape index (κ2) is 5.53. The van der Waals surface area contributed by atoms with Gasteiger partial charge in [-0.15, -0.1) is 0 Å². The number of aliphatic hydroxyl groups excluding tert-OH is 1. The van der Waals surface area contributed by atoms with Crippen molar-refractivity contribution in [2.75, 3.05) is 5.73 Å². The Morgan fingerprint density at radius 2 is 1.96 bits per heavy atom. The van der Waals surface area contributed by atoms with Gasteiger partial charge in [0, 0.05) is 5.69 Å². The molecule has 0 radical (unpaired) electrons. The molecule has 2 aromatic carbocycles. The summed E-state index contributed by atoms with van der Waals surface area (Å²) in [6, 6.07) is 16.0. The molecular formula is C18H15N3OS. The Bertz CT molecular complexity index is 987. The van der Waals surface area contributed by atoms with Gasteiger partial charge in [-0.1, -0.05) is 24.3 Å². The maximum absolute atomic E-state index is 9.48. The maximum Gasteiger partial charge on any atom is 0.205 e. The second-order valence-electron chi connectivity index (χ2n) is 5.31. The predicted molar refractivity (Wildman–Crippen MR) is 94.7 cm³/mol. The molecule has 3 N–H and O–H groups in total. The lowest BCUT2D eigenvalue weighted by molar-refractivity contribution is 0.283. The van der Waals surface area contributed by atoms with Gasteiger partial charge in [-0.05, 0) is 51.7 Å². The SMILES string of the molecule is Nc1nc2ccccc2n1-c1cccc(-c2cscc2CO)c1. The lowest BCUT2D eigenvalue weighted by Gasteiger charge is -2.09. The first kappa shape index (κ1) is 14.0. The average molecular weight is 321 g/mol. The number of nitrogens with two attached hydrogens (primary N) is 1. The van der Waals surface area contributed by atoms with Crippen molar-refractivity contribution in [3.8, 4) is 16.8 Å². The zero-order chi connectivity index (χ0) is 15.8. The van der Waals surface area contributed by atoms with Gasteiger partial charge < -0.3 is 10.8 Å². The number of benzene rings is 2. The van der Waals surface area contributed by atoms with E-state index in [0.717, 1.165) is 33.4 Å². The van der Waals surface area contributed by atoms with Crippen LogP contribution in [0.15, 0.2) is 59.3 Å². The Morgan fingerprint density at radius 1 is 1.09 bits per heavy atom. The van der Waals surface area contributed by atoms with Gasteiger partial charge in [-0.2, -0.15) is 11.3 Å². The smallest absolute Gasteiger partial charge is 0.205 e. The van der Waals surface area contributed by atoms with Gasteiger partial charge in [0.25, 0.3) is 0 Å². The lowest BCUT2D eigenvalue weighted by Crippen LogP contribution is -2.00. The van der Waals surface area contributed by atoms with Crippen LogP contribution >= 0.6 is 11.3 Å². The minimum Gasteiger partial charge on any atom is -0.392 e. The zero-order valence-electron chi connectivity index (χ0n) is 12.3. The van der Waals surface area contributed by atoms with Crippen molar-refractivity contribution >= 4 is 28.3 Å². The molecular weight excluding hydrogens is 306 g/mol. The van der Waals surface area contributed by atoms with Crippen LogP contribution in [0.1, 0.15) is 5.56 Å². The van der Waals surface area contributed by atoms with E-state index >= 15 is 0 Å². The number of anilines is 1. The first-order valence-corrected chi connectivity index (χ1v) is 8.22. The normalized spacial score (nSPS) is 11.2. The largest absolute Gasteiger partial charge is 0.392 e. The van der Waals surface area contributed by atoms with E-state index < -0.39 is 0 Å². The van der Waals surface area contributed by atoms with Crippen LogP contribution in [0.25, 0.3) is 27.8 Å². The Labute approximate surface area is 137 Å². The zero-order valence-corrected chi connectivity index (χ0v) is 13.1. The van der Waals surface area contributed by atoms with Crippen molar-refractivity contribution in [2.24, 2.45) is 0 Å². The molecule has 4 aromatic rings. The van der Waals surface area contributed by atoms with Crippen LogP contribution in [-0.2, 0) is 6.61 Å². The second-order valence-corrected chi connectivity index (χ2v) is 6.06. The van der Waals surface area contributed by atoms with E-state index in [1.807, 2.05) is 52.4 Å². The first-order valence-electron chi connectivity index (χ1n) is 7.27. The van der Waals surface area contributed by atoms with E-state index in [1.54, 1.807) is 11.3 Å². The van der Waals surface area contributed by atoms with Gasteiger partial charge in [-0.3, -0.25) is 4.57 Å². The third kappa shape index (κ3) is 2.30. The molecule has 2 aromatic heterocycles. The van der Waals surface area contributed by atoms with Crippen LogP contribution in [0.3, 0.4) is 0 Å². The summed E-state index contributed by atoms with van der Waals surface area (Å²) in [5.41, 5.74) is 12.0. The third-order valence-electron chi connectivity index (χ3n) is 3.91. The summed E-state index contributed by atoms with van der Waals surface area (Å²) >= 11 is 1.59. The van der Waals surface area contributed by atoms with Gasteiger partial charge in [0.15, 0.2) is 0 Å². The number of hydrogen-bond donors (Lipinski definition) is 2. The van der Waals surface area contributed by atoms with Gasteiger partial charge in [0.1, 0.15) is 0 Å². The van der Waals surface area contributed by atoms with Crippen LogP contribution in [0.2, 0.25) is 0 Å². The molecule has 0 atom stereocenters. The summed E-state index contributed by atoms with van der Waals surface area (Å²) in [4.78, 5) is 4.42. The van der Waals surface area contributed by atoms with Crippen molar-refractivity contribution in [3.63, 3.8) is 0 Å². The molecule has 0 aliphatic rings. The van der Waals surface area contributed by atoms with Gasteiger partial charge in [0.2, 0.25) is 5.95 Å². The summed E-state index contributed by atoms with van der Waals surface area (Å²) in [6.45, 7) is 0.0409. The minimum absolute atomic E-state index is 0.0409. The molecule has 4 nitrogen and oxygen atoms in total. The van der Waals surface area contributed by atoms with Crippen LogP contribution in [-0.4, -0.2) is 14.7 Å². The number of para-hydroxylation sites is 2. The molecule has 23 heavy (non-hydrogen) atoms. The van der Waals surface area contributed by atoms with Gasteiger partial charge >= 0.3 is 0 Å². The Balaban J connectivity index is 1.90. The minimum atomic E-state index is 0.0409. The summed E-state index contributed by atoms with van der Waals surface area (Å²) in [7, 11) is 0. The number of thiophene rings is 1. The fourth-order valence-electron chi connectivity index (χ4n) is 2.83. The standard InChI is InChI=1S/C18H15N3OS/c19-18-20-16-6-1-2-7-17(16)21(18)14-5-3-4-12(8-14)15-11-23-10-13(15)9-22/h1-8,10-11,22H,9H2,(H2,19,20). The number of nitrogens with zero attached hydrogens (tertiary/aromatic N) is 2. The highest BCUT2D eigenvalue weighted by Crippen LogP contribution is 2.30. The van der Waals surface area contributed by atoms with E-state index in [2.05, 4.69) is 16.4 Å². The van der Waals surface area contributed by atoms with E-state index in [4.69, 9.17) is 5.73 Å². The number of aliphatic hydroxyl groups is 1. The number of rotatable bonds is 3. The highest BCUT2D eigenvalue weighted by Gasteiger charge is 2.11.